The van der Waals surface area contributed by atoms with Crippen molar-refractivity contribution >= 4 is 21.1 Å². The molecule has 0 aromatic heterocycles. The van der Waals surface area contributed by atoms with Gasteiger partial charge in [0.15, 0.2) is 0 Å². The summed E-state index contributed by atoms with van der Waals surface area (Å²) in [6, 6.07) is -0.475. The van der Waals surface area contributed by atoms with Gasteiger partial charge in [-0.2, -0.15) is 0 Å². The highest BCUT2D eigenvalue weighted by molar-refractivity contribution is 7.20. The van der Waals surface area contributed by atoms with E-state index in [4.69, 9.17) is 0 Å². The van der Waals surface area contributed by atoms with Crippen molar-refractivity contribution in [2.75, 3.05) is 13.1 Å². The smallest absolute Gasteiger partial charge is 0.245 e. The number of nitrogens with zero attached hydrogens (tertiary/aromatic N) is 1. The molecule has 1 aliphatic heterocycles. The number of nitrogens with one attached hydrogen (secondary N) is 1. The molecule has 1 saturated heterocycles. The molecule has 0 bridgehead atoms. The van der Waals surface area contributed by atoms with E-state index >= 15 is 0 Å². The summed E-state index contributed by atoms with van der Waals surface area (Å²) in [6.45, 7) is 13.7. The first-order valence-corrected chi connectivity index (χ1v) is 9.31. The zero-order chi connectivity index (χ0) is 17.6. The first kappa shape index (κ1) is 18.7. The molecule has 1 aliphatic carbocycles. The van der Waals surface area contributed by atoms with Crippen molar-refractivity contribution in [3.63, 3.8) is 0 Å². The highest BCUT2D eigenvalue weighted by Crippen LogP contribution is 2.48. The summed E-state index contributed by atoms with van der Waals surface area (Å²) >= 11 is 0. The third-order valence-corrected chi connectivity index (χ3v) is 5.83. The molecule has 1 saturated carbocycles. The number of rotatable bonds is 3. The molecule has 0 spiro atoms. The van der Waals surface area contributed by atoms with Crippen LogP contribution in [0.3, 0.4) is 0 Å². The van der Waals surface area contributed by atoms with Crippen LogP contribution in [-0.4, -0.2) is 41.0 Å². The number of amides is 2. The molecule has 4 nitrogen and oxygen atoms in total. The number of likely N-dealkylation sites (tertiary alicyclic amines) is 1. The van der Waals surface area contributed by atoms with Gasteiger partial charge in [-0.3, -0.25) is 9.59 Å². The molecule has 2 amide bonds. The van der Waals surface area contributed by atoms with Crippen LogP contribution in [-0.2, 0) is 9.59 Å². The Hall–Kier alpha value is -0.630. The van der Waals surface area contributed by atoms with E-state index in [1.165, 1.54) is 19.3 Å². The predicted molar refractivity (Wildman–Crippen MR) is 97.2 cm³/mol. The van der Waals surface area contributed by atoms with Gasteiger partial charge in [0.05, 0.1) is 5.16 Å². The molecule has 2 aliphatic rings. The van der Waals surface area contributed by atoms with Gasteiger partial charge in [0.2, 0.25) is 11.8 Å². The van der Waals surface area contributed by atoms with Crippen LogP contribution < -0.4 is 5.32 Å². The summed E-state index contributed by atoms with van der Waals surface area (Å²) in [4.78, 5) is 27.5. The Labute approximate surface area is 143 Å². The number of fused-ring (bicyclic) bond motifs is 1. The summed E-state index contributed by atoms with van der Waals surface area (Å²) in [7, 11) is 2.55. The summed E-state index contributed by atoms with van der Waals surface area (Å²) < 4.78 is 0. The summed E-state index contributed by atoms with van der Waals surface area (Å²) in [5, 5.41) is 2.43. The Morgan fingerprint density at radius 3 is 2.35 bits per heavy atom. The molecule has 132 valence electrons. The van der Waals surface area contributed by atoms with Crippen LogP contribution in [0.25, 0.3) is 0 Å². The molecule has 2 rings (SSSR count). The fraction of sp³-hybridized carbons (Fsp3) is 0.889. The molecule has 4 atom stereocenters. The van der Waals surface area contributed by atoms with Gasteiger partial charge in [-0.25, -0.2) is 0 Å². The zero-order valence-electron chi connectivity index (χ0n) is 15.5. The van der Waals surface area contributed by atoms with E-state index in [1.807, 2.05) is 39.5 Å². The van der Waals surface area contributed by atoms with Crippen molar-refractivity contribution in [1.82, 2.24) is 10.2 Å². The van der Waals surface area contributed by atoms with Crippen molar-refractivity contribution < 1.29 is 9.59 Å². The Kier molecular flexibility index (Phi) is 4.90. The Bertz CT molecular complexity index is 492. The van der Waals surface area contributed by atoms with Gasteiger partial charge in [0, 0.05) is 13.1 Å². The maximum Gasteiger partial charge on any atom is 0.245 e. The van der Waals surface area contributed by atoms with E-state index in [0.717, 1.165) is 13.1 Å². The number of carbonyl (C=O) groups excluding carboxylic acids is 2. The van der Waals surface area contributed by atoms with Crippen LogP contribution in [0.15, 0.2) is 0 Å². The van der Waals surface area contributed by atoms with Gasteiger partial charge in [-0.05, 0) is 43.4 Å². The molecule has 23 heavy (non-hydrogen) atoms. The summed E-state index contributed by atoms with van der Waals surface area (Å²) in [6.07, 6.45) is 3.72. The largest absolute Gasteiger partial charge is 0.343 e. The Morgan fingerprint density at radius 2 is 1.87 bits per heavy atom. The van der Waals surface area contributed by atoms with Crippen LogP contribution in [0.5, 0.6) is 0 Å². The van der Waals surface area contributed by atoms with Gasteiger partial charge in [0.1, 0.15) is 6.04 Å². The summed E-state index contributed by atoms with van der Waals surface area (Å²) in [5.41, 5.74) is -0.0246. The van der Waals surface area contributed by atoms with E-state index in [0.29, 0.717) is 5.92 Å². The Balaban J connectivity index is 2.14. The molecule has 0 radical (unpaired) electrons. The Morgan fingerprint density at radius 1 is 1.26 bits per heavy atom. The molecule has 5 heteroatoms. The molecule has 2 fully saturated rings. The van der Waals surface area contributed by atoms with Crippen LogP contribution >= 0.6 is 9.24 Å². The second kappa shape index (κ2) is 6.02. The van der Waals surface area contributed by atoms with Crippen molar-refractivity contribution in [3.05, 3.63) is 0 Å². The molecule has 1 heterocycles. The monoisotopic (exact) mass is 340 g/mol. The van der Waals surface area contributed by atoms with E-state index < -0.39 is 11.2 Å². The molecular weight excluding hydrogens is 307 g/mol. The molecule has 0 aromatic rings. The average Bonchev–Trinajstić information content (AvgIpc) is 2.86. The van der Waals surface area contributed by atoms with Gasteiger partial charge < -0.3 is 10.2 Å². The highest BCUT2D eigenvalue weighted by atomic mass is 31.0. The topological polar surface area (TPSA) is 49.4 Å². The van der Waals surface area contributed by atoms with Gasteiger partial charge >= 0.3 is 0 Å². The third-order valence-electron chi connectivity index (χ3n) is 5.56. The second-order valence-electron chi connectivity index (χ2n) is 9.46. The van der Waals surface area contributed by atoms with E-state index in [2.05, 4.69) is 21.5 Å². The quantitative estimate of drug-likeness (QED) is 0.803. The number of hydrogen-bond donors (Lipinski definition) is 1. The van der Waals surface area contributed by atoms with Crippen molar-refractivity contribution in [3.8, 4) is 0 Å². The summed E-state index contributed by atoms with van der Waals surface area (Å²) in [5.74, 6) is 0.609. The SMILES string of the molecule is CC(C)(P)C(=O)N[C@H](C(=O)N1C[C@H]2CCC[C@@]2(C)C1)C(C)(C)C. The molecule has 1 N–H and O–H groups in total. The fourth-order valence-corrected chi connectivity index (χ4v) is 3.99. The van der Waals surface area contributed by atoms with Crippen LogP contribution in [0.4, 0.5) is 0 Å². The lowest BCUT2D eigenvalue weighted by Gasteiger charge is -2.35. The average molecular weight is 340 g/mol. The maximum atomic E-state index is 13.1. The molecular formula is C18H33N2O2P. The van der Waals surface area contributed by atoms with Crippen molar-refractivity contribution in [2.24, 2.45) is 16.7 Å². The van der Waals surface area contributed by atoms with E-state index in [1.54, 1.807) is 0 Å². The molecule has 0 aromatic carbocycles. The van der Waals surface area contributed by atoms with Crippen molar-refractivity contribution in [1.29, 1.82) is 0 Å². The van der Waals surface area contributed by atoms with Gasteiger partial charge in [-0.1, -0.05) is 34.1 Å². The maximum absolute atomic E-state index is 13.1. The van der Waals surface area contributed by atoms with E-state index in [-0.39, 0.29) is 22.6 Å². The molecule has 1 unspecified atom stereocenters. The number of carbonyl (C=O) groups is 2. The lowest BCUT2D eigenvalue weighted by atomic mass is 9.83. The van der Waals surface area contributed by atoms with Crippen LogP contribution in [0.1, 0.15) is 60.8 Å². The zero-order valence-corrected chi connectivity index (χ0v) is 16.7. The van der Waals surface area contributed by atoms with Crippen molar-refractivity contribution in [2.45, 2.75) is 72.0 Å². The first-order valence-electron chi connectivity index (χ1n) is 8.73. The van der Waals surface area contributed by atoms with Crippen LogP contribution in [0.2, 0.25) is 0 Å². The van der Waals surface area contributed by atoms with E-state index in [9.17, 15) is 9.59 Å². The fourth-order valence-electron chi connectivity index (χ4n) is 3.91. The van der Waals surface area contributed by atoms with Crippen LogP contribution in [0, 0.1) is 16.7 Å². The second-order valence-corrected chi connectivity index (χ2v) is 10.9. The minimum Gasteiger partial charge on any atom is -0.343 e. The first-order chi connectivity index (χ1) is 10.3. The van der Waals surface area contributed by atoms with Gasteiger partial charge in [-0.15, -0.1) is 9.24 Å². The predicted octanol–water partition coefficient (Wildman–Crippen LogP) is 2.82. The number of hydrogen-bond acceptors (Lipinski definition) is 2. The minimum atomic E-state index is -0.572. The normalized spacial score (nSPS) is 29.3. The lowest BCUT2D eigenvalue weighted by Crippen LogP contribution is -2.57. The minimum absolute atomic E-state index is 0.0794. The lowest BCUT2D eigenvalue weighted by molar-refractivity contribution is -0.139. The van der Waals surface area contributed by atoms with Gasteiger partial charge in [0.25, 0.3) is 0 Å². The highest BCUT2D eigenvalue weighted by Gasteiger charge is 2.49. The third kappa shape index (κ3) is 3.90. The standard InChI is InChI=1S/C18H33N2O2P/c1-16(2,3)13(19-15(22)17(4,5)23)14(21)20-10-12-8-7-9-18(12,6)11-20/h12-13H,7-11,23H2,1-6H3,(H,19,22)/t12-,13-,18+/m1/s1.